The highest BCUT2D eigenvalue weighted by Crippen LogP contribution is 2.24. The zero-order valence-corrected chi connectivity index (χ0v) is 8.34. The van der Waals surface area contributed by atoms with Gasteiger partial charge in [-0.05, 0) is 31.9 Å². The van der Waals surface area contributed by atoms with Crippen molar-refractivity contribution in [1.29, 1.82) is 0 Å². The Hall–Kier alpha value is -0.280. The molecule has 0 bridgehead atoms. The zero-order chi connectivity index (χ0) is 9.30. The van der Waals surface area contributed by atoms with Gasteiger partial charge in [-0.3, -0.25) is 4.79 Å². The van der Waals surface area contributed by atoms with Gasteiger partial charge in [0.1, 0.15) is 0 Å². The maximum atomic E-state index is 10.8. The molecule has 12 heavy (non-hydrogen) atoms. The minimum absolute atomic E-state index is 0.0905. The lowest BCUT2D eigenvalue weighted by Gasteiger charge is -2.23. The molecule has 1 amide bonds. The van der Waals surface area contributed by atoms with Crippen LogP contribution in [-0.4, -0.2) is 35.6 Å². The van der Waals surface area contributed by atoms with Crippen molar-refractivity contribution in [2.24, 2.45) is 0 Å². The Kier molecular flexibility index (Phi) is 2.96. The molecule has 3 unspecified atom stereocenters. The van der Waals surface area contributed by atoms with E-state index >= 15 is 0 Å². The summed E-state index contributed by atoms with van der Waals surface area (Å²) in [6.45, 7) is 3.97. The Morgan fingerprint density at radius 2 is 2.17 bits per heavy atom. The summed E-state index contributed by atoms with van der Waals surface area (Å²) in [7, 11) is 1.71. The van der Waals surface area contributed by atoms with Gasteiger partial charge in [-0.1, -0.05) is 0 Å². The van der Waals surface area contributed by atoms with Gasteiger partial charge in [-0.15, -0.1) is 0 Å². The molecule has 3 atom stereocenters. The van der Waals surface area contributed by atoms with E-state index in [2.05, 4.69) is 0 Å². The first kappa shape index (κ1) is 9.81. The highest BCUT2D eigenvalue weighted by molar-refractivity contribution is 6.62. The van der Waals surface area contributed by atoms with Crippen LogP contribution in [0.15, 0.2) is 0 Å². The van der Waals surface area contributed by atoms with E-state index in [9.17, 15) is 4.79 Å². The first-order valence-electron chi connectivity index (χ1n) is 4.10. The summed E-state index contributed by atoms with van der Waals surface area (Å²) >= 11 is 5.35. The third kappa shape index (κ3) is 1.90. The van der Waals surface area contributed by atoms with Gasteiger partial charge in [-0.2, -0.15) is 0 Å². The van der Waals surface area contributed by atoms with Crippen molar-refractivity contribution in [3.05, 3.63) is 0 Å². The Balaban J connectivity index is 2.57. The van der Waals surface area contributed by atoms with Gasteiger partial charge in [-0.25, -0.2) is 0 Å². The molecule has 0 aromatic carbocycles. The molecule has 1 heterocycles. The van der Waals surface area contributed by atoms with E-state index in [-0.39, 0.29) is 18.2 Å². The maximum Gasteiger partial charge on any atom is 0.316 e. The number of nitrogens with zero attached hydrogens (tertiary/aromatic N) is 1. The highest BCUT2D eigenvalue weighted by atomic mass is 35.5. The molecule has 3 nitrogen and oxygen atoms in total. The Morgan fingerprint density at radius 3 is 2.50 bits per heavy atom. The number of likely N-dealkylation sites (N-methyl/N-ethyl adjacent to an activating group) is 1. The molecular weight excluding hydrogens is 178 g/mol. The fourth-order valence-electron chi connectivity index (χ4n) is 1.65. The van der Waals surface area contributed by atoms with Crippen LogP contribution in [0.5, 0.6) is 0 Å². The smallest absolute Gasteiger partial charge is 0.316 e. The van der Waals surface area contributed by atoms with Gasteiger partial charge in [0.25, 0.3) is 0 Å². The molecule has 70 valence electrons. The number of carbonyl (C=O) groups is 1. The molecule has 0 aromatic heterocycles. The number of amides is 1. The summed E-state index contributed by atoms with van der Waals surface area (Å²) in [5.74, 6) is 0. The monoisotopic (exact) mass is 191 g/mol. The van der Waals surface area contributed by atoms with Gasteiger partial charge in [0.15, 0.2) is 0 Å². The standard InChI is InChI=1S/C8H14ClNO2/c1-5-4-7(6(2)12-5)10(3)8(9)11/h5-7H,4H2,1-3H3. The quantitative estimate of drug-likeness (QED) is 0.468. The third-order valence-corrected chi connectivity index (χ3v) is 2.60. The maximum absolute atomic E-state index is 10.8. The average Bonchev–Trinajstić information content (AvgIpc) is 2.28. The van der Waals surface area contributed by atoms with E-state index in [0.717, 1.165) is 6.42 Å². The van der Waals surface area contributed by atoms with Crippen molar-refractivity contribution in [2.75, 3.05) is 7.05 Å². The van der Waals surface area contributed by atoms with E-state index in [1.807, 2.05) is 13.8 Å². The lowest BCUT2D eigenvalue weighted by atomic mass is 10.1. The third-order valence-electron chi connectivity index (χ3n) is 2.34. The van der Waals surface area contributed by atoms with Gasteiger partial charge >= 0.3 is 5.37 Å². The van der Waals surface area contributed by atoms with Crippen molar-refractivity contribution < 1.29 is 9.53 Å². The molecule has 4 heteroatoms. The van der Waals surface area contributed by atoms with E-state index in [0.29, 0.717) is 0 Å². The summed E-state index contributed by atoms with van der Waals surface area (Å²) in [6, 6.07) is 0.130. The van der Waals surface area contributed by atoms with E-state index in [1.165, 1.54) is 4.90 Å². The SMILES string of the molecule is CC1CC(N(C)C(=O)Cl)C(C)O1. The number of hydrogen-bond acceptors (Lipinski definition) is 2. The van der Waals surface area contributed by atoms with Crippen LogP contribution in [0.4, 0.5) is 4.79 Å². The van der Waals surface area contributed by atoms with Gasteiger partial charge < -0.3 is 9.64 Å². The molecule has 0 aromatic rings. The minimum Gasteiger partial charge on any atom is -0.373 e. The van der Waals surface area contributed by atoms with Crippen LogP contribution in [0.3, 0.4) is 0 Å². The highest BCUT2D eigenvalue weighted by Gasteiger charge is 2.33. The fraction of sp³-hybridized carbons (Fsp3) is 0.875. The molecule has 0 radical (unpaired) electrons. The number of ether oxygens (including phenoxy) is 1. The van der Waals surface area contributed by atoms with Crippen molar-refractivity contribution >= 4 is 17.0 Å². The van der Waals surface area contributed by atoms with Gasteiger partial charge in [0, 0.05) is 7.05 Å². The predicted octanol–water partition coefficient (Wildman–Crippen LogP) is 1.84. The van der Waals surface area contributed by atoms with Crippen molar-refractivity contribution in [2.45, 2.75) is 38.5 Å². The summed E-state index contributed by atoms with van der Waals surface area (Å²) in [5.41, 5.74) is 0. The summed E-state index contributed by atoms with van der Waals surface area (Å²) in [4.78, 5) is 12.4. The van der Waals surface area contributed by atoms with Crippen LogP contribution < -0.4 is 0 Å². The normalized spacial score (nSPS) is 35.2. The number of hydrogen-bond donors (Lipinski definition) is 0. The average molecular weight is 192 g/mol. The Morgan fingerprint density at radius 1 is 1.58 bits per heavy atom. The molecular formula is C8H14ClNO2. The molecule has 1 fully saturated rings. The van der Waals surface area contributed by atoms with E-state index in [4.69, 9.17) is 16.3 Å². The van der Waals surface area contributed by atoms with Gasteiger partial charge in [0.05, 0.1) is 18.2 Å². The molecule has 1 saturated heterocycles. The van der Waals surface area contributed by atoms with Crippen LogP contribution in [0.25, 0.3) is 0 Å². The zero-order valence-electron chi connectivity index (χ0n) is 7.58. The second-order valence-corrected chi connectivity index (χ2v) is 3.64. The van der Waals surface area contributed by atoms with Crippen LogP contribution in [0, 0.1) is 0 Å². The molecule has 0 N–H and O–H groups in total. The lowest BCUT2D eigenvalue weighted by molar-refractivity contribution is 0.0516. The molecule has 1 aliphatic rings. The first-order valence-corrected chi connectivity index (χ1v) is 4.48. The molecule has 0 saturated carbocycles. The van der Waals surface area contributed by atoms with E-state index in [1.54, 1.807) is 7.05 Å². The summed E-state index contributed by atoms with van der Waals surface area (Å²) in [6.07, 6.45) is 1.19. The summed E-state index contributed by atoms with van der Waals surface area (Å²) in [5, 5.41) is -0.412. The molecule has 1 rings (SSSR count). The van der Waals surface area contributed by atoms with Crippen LogP contribution in [-0.2, 0) is 4.74 Å². The second-order valence-electron chi connectivity index (χ2n) is 3.32. The number of halogens is 1. The van der Waals surface area contributed by atoms with Crippen molar-refractivity contribution in [1.82, 2.24) is 4.90 Å². The van der Waals surface area contributed by atoms with Crippen LogP contribution in [0.1, 0.15) is 20.3 Å². The van der Waals surface area contributed by atoms with E-state index < -0.39 is 5.37 Å². The van der Waals surface area contributed by atoms with Crippen LogP contribution in [0.2, 0.25) is 0 Å². The molecule has 0 aliphatic carbocycles. The fourth-order valence-corrected chi connectivity index (χ4v) is 1.77. The van der Waals surface area contributed by atoms with Gasteiger partial charge in [0.2, 0.25) is 0 Å². The Labute approximate surface area is 77.6 Å². The topological polar surface area (TPSA) is 29.5 Å². The van der Waals surface area contributed by atoms with Crippen molar-refractivity contribution in [3.8, 4) is 0 Å². The first-order chi connectivity index (χ1) is 5.52. The molecule has 0 spiro atoms. The number of carbonyl (C=O) groups excluding carboxylic acids is 1. The van der Waals surface area contributed by atoms with Crippen molar-refractivity contribution in [3.63, 3.8) is 0 Å². The summed E-state index contributed by atoms with van der Waals surface area (Å²) < 4.78 is 5.49. The largest absolute Gasteiger partial charge is 0.373 e. The molecule has 1 aliphatic heterocycles. The number of rotatable bonds is 1. The Bertz CT molecular complexity index is 186. The minimum atomic E-state index is -0.412. The second kappa shape index (κ2) is 3.62. The predicted molar refractivity (Wildman–Crippen MR) is 47.4 cm³/mol. The lowest BCUT2D eigenvalue weighted by Crippen LogP contribution is -2.38. The van der Waals surface area contributed by atoms with Crippen LogP contribution >= 0.6 is 11.6 Å².